The van der Waals surface area contributed by atoms with Crippen LogP contribution in [0, 0.1) is 0 Å². The zero-order valence-corrected chi connectivity index (χ0v) is 22.5. The molecule has 1 heterocycles. The van der Waals surface area contributed by atoms with Crippen molar-refractivity contribution in [3.05, 3.63) is 133 Å². The van der Waals surface area contributed by atoms with E-state index in [0.29, 0.717) is 0 Å². The fraction of sp³-hybridized carbons (Fsp3) is 0.188. The molecule has 36 heavy (non-hydrogen) atoms. The summed E-state index contributed by atoms with van der Waals surface area (Å²) in [6, 6.07) is 43.4. The van der Waals surface area contributed by atoms with E-state index in [1.165, 1.54) is 15.6 Å². The van der Waals surface area contributed by atoms with Gasteiger partial charge in [-0.3, -0.25) is 0 Å². The van der Waals surface area contributed by atoms with Crippen molar-refractivity contribution in [2.45, 2.75) is 38.9 Å². The van der Waals surface area contributed by atoms with E-state index in [1.54, 1.807) is 0 Å². The third-order valence-corrected chi connectivity index (χ3v) is 12.1. The molecule has 0 bridgehead atoms. The fourth-order valence-corrected chi connectivity index (χ4v) is 9.40. The smallest absolute Gasteiger partial charge is 0.399 e. The molecule has 0 unspecified atom stereocenters. The second-order valence-corrected chi connectivity index (χ2v) is 14.1. The normalized spacial score (nSPS) is 17.2. The maximum absolute atomic E-state index is 6.67. The van der Waals surface area contributed by atoms with Crippen molar-refractivity contribution in [3.63, 3.8) is 0 Å². The lowest BCUT2D eigenvalue weighted by atomic mass is 9.75. The van der Waals surface area contributed by atoms with Gasteiger partial charge in [0.15, 0.2) is 8.07 Å². The van der Waals surface area contributed by atoms with E-state index in [9.17, 15) is 0 Å². The van der Waals surface area contributed by atoms with Crippen molar-refractivity contribution in [2.75, 3.05) is 0 Å². The van der Waals surface area contributed by atoms with E-state index >= 15 is 0 Å². The van der Waals surface area contributed by atoms with Gasteiger partial charge in [-0.25, -0.2) is 0 Å². The summed E-state index contributed by atoms with van der Waals surface area (Å²) in [5, 5.41) is 3.98. The molecule has 180 valence electrons. The summed E-state index contributed by atoms with van der Waals surface area (Å²) in [5.41, 5.74) is 3.85. The summed E-state index contributed by atoms with van der Waals surface area (Å²) in [4.78, 5) is 0. The van der Waals surface area contributed by atoms with E-state index in [2.05, 4.69) is 155 Å². The minimum atomic E-state index is -2.65. The van der Waals surface area contributed by atoms with Gasteiger partial charge in [-0.1, -0.05) is 127 Å². The number of benzene rings is 4. The largest absolute Gasteiger partial charge is 0.494 e. The Morgan fingerprint density at radius 1 is 0.556 bits per heavy atom. The molecule has 4 aromatic carbocycles. The first-order chi connectivity index (χ1) is 17.3. The Balaban J connectivity index is 1.84. The van der Waals surface area contributed by atoms with Crippen LogP contribution in [0.25, 0.3) is 5.47 Å². The Kier molecular flexibility index (Phi) is 6.61. The van der Waals surface area contributed by atoms with Gasteiger partial charge in [0, 0.05) is 0 Å². The first kappa shape index (κ1) is 24.5. The van der Waals surface area contributed by atoms with Crippen LogP contribution < -0.4 is 15.6 Å². The molecule has 2 nitrogen and oxygen atoms in total. The predicted octanol–water partition coefficient (Wildman–Crippen LogP) is 5.41. The van der Waals surface area contributed by atoms with Crippen LogP contribution >= 0.6 is 0 Å². The monoisotopic (exact) mass is 488 g/mol. The highest BCUT2D eigenvalue weighted by molar-refractivity contribution is 7.15. The number of rotatable bonds is 6. The average Bonchev–Trinajstić information content (AvgIpc) is 3.13. The molecular weight excluding hydrogens is 455 g/mol. The third kappa shape index (κ3) is 4.41. The Hall–Kier alpha value is -3.18. The number of hydrogen-bond acceptors (Lipinski definition) is 2. The van der Waals surface area contributed by atoms with Crippen molar-refractivity contribution in [1.82, 2.24) is 0 Å². The molecular formula is C32H33BO2Si. The topological polar surface area (TPSA) is 18.5 Å². The molecule has 1 saturated heterocycles. The second-order valence-electron chi connectivity index (χ2n) is 10.5. The summed E-state index contributed by atoms with van der Waals surface area (Å²) >= 11 is 0. The van der Waals surface area contributed by atoms with E-state index in [-0.39, 0.29) is 0 Å². The maximum Gasteiger partial charge on any atom is 0.494 e. The van der Waals surface area contributed by atoms with Crippen LogP contribution in [0.1, 0.15) is 33.3 Å². The molecule has 0 amide bonds. The first-order valence-corrected chi connectivity index (χ1v) is 14.7. The molecule has 0 aliphatic carbocycles. The van der Waals surface area contributed by atoms with Crippen LogP contribution in [0.5, 0.6) is 0 Å². The summed E-state index contributed by atoms with van der Waals surface area (Å²) in [5.74, 6) is 0. The summed E-state index contributed by atoms with van der Waals surface area (Å²) < 4.78 is 13.3. The van der Waals surface area contributed by atoms with Gasteiger partial charge in [0.1, 0.15) is 0 Å². The zero-order valence-electron chi connectivity index (χ0n) is 21.5. The fourth-order valence-electron chi connectivity index (χ4n) is 4.97. The molecule has 4 aromatic rings. The van der Waals surface area contributed by atoms with Gasteiger partial charge < -0.3 is 9.31 Å². The van der Waals surface area contributed by atoms with E-state index in [0.717, 1.165) is 11.0 Å². The molecule has 0 aromatic heterocycles. The lowest BCUT2D eigenvalue weighted by Gasteiger charge is -2.32. The quantitative estimate of drug-likeness (QED) is 0.267. The highest BCUT2D eigenvalue weighted by atomic mass is 28.3. The molecule has 0 radical (unpaired) electrons. The third-order valence-electron chi connectivity index (χ3n) is 7.67. The van der Waals surface area contributed by atoms with Crippen LogP contribution in [0.4, 0.5) is 0 Å². The second kappa shape index (κ2) is 9.70. The zero-order chi connectivity index (χ0) is 25.2. The van der Waals surface area contributed by atoms with Gasteiger partial charge in [-0.15, -0.1) is 0 Å². The van der Waals surface area contributed by atoms with E-state index < -0.39 is 26.4 Å². The van der Waals surface area contributed by atoms with Crippen LogP contribution in [0.2, 0.25) is 0 Å². The Labute approximate surface area is 216 Å². The highest BCUT2D eigenvalue weighted by Gasteiger charge is 2.53. The van der Waals surface area contributed by atoms with Gasteiger partial charge >= 0.3 is 7.12 Å². The average molecular weight is 489 g/mol. The summed E-state index contributed by atoms with van der Waals surface area (Å²) in [6.07, 6.45) is 0. The molecule has 0 saturated carbocycles. The van der Waals surface area contributed by atoms with Crippen molar-refractivity contribution in [1.29, 1.82) is 0 Å². The number of hydrogen-bond donors (Lipinski definition) is 0. The lowest BCUT2D eigenvalue weighted by molar-refractivity contribution is 0.00578. The van der Waals surface area contributed by atoms with Gasteiger partial charge in [0.25, 0.3) is 0 Å². The minimum absolute atomic E-state index is 0.429. The molecule has 1 fully saturated rings. The van der Waals surface area contributed by atoms with Crippen LogP contribution in [-0.4, -0.2) is 26.4 Å². The molecule has 5 rings (SSSR count). The maximum atomic E-state index is 6.67. The lowest BCUT2D eigenvalue weighted by Crippen LogP contribution is -2.66. The van der Waals surface area contributed by atoms with Crippen molar-refractivity contribution >= 4 is 36.2 Å². The highest BCUT2D eigenvalue weighted by Crippen LogP contribution is 2.41. The van der Waals surface area contributed by atoms with Crippen LogP contribution in [-0.2, 0) is 9.31 Å². The first-order valence-electron chi connectivity index (χ1n) is 12.6. The summed E-state index contributed by atoms with van der Waals surface area (Å²) in [6.45, 7) is 8.47. The van der Waals surface area contributed by atoms with Gasteiger partial charge in [0.05, 0.1) is 11.2 Å². The summed E-state index contributed by atoms with van der Waals surface area (Å²) in [7, 11) is -3.12. The molecule has 0 spiro atoms. The molecule has 0 atom stereocenters. The SMILES string of the molecule is CC1(C)OB(/C(=C/[Si](c2ccccc2)(c2ccccc2)c2ccccc2)c2ccccc2)OC1(C)C. The molecule has 1 aliphatic rings. The molecule has 1 aliphatic heterocycles. The van der Waals surface area contributed by atoms with Gasteiger partial charge in [-0.2, -0.15) is 0 Å². The van der Waals surface area contributed by atoms with E-state index in [1.807, 2.05) is 0 Å². The van der Waals surface area contributed by atoms with Crippen molar-refractivity contribution < 1.29 is 9.31 Å². The predicted molar refractivity (Wildman–Crippen MR) is 154 cm³/mol. The van der Waals surface area contributed by atoms with E-state index in [4.69, 9.17) is 9.31 Å². The minimum Gasteiger partial charge on any atom is -0.399 e. The van der Waals surface area contributed by atoms with Crippen LogP contribution in [0.15, 0.2) is 127 Å². The van der Waals surface area contributed by atoms with Crippen molar-refractivity contribution in [3.8, 4) is 0 Å². The Bertz CT molecular complexity index is 1210. The standard InChI is InChI=1S/C32H33BO2Si/c1-31(2)32(3,4)35-33(34-31)30(26-17-9-5-10-18-26)25-36(27-19-11-6-12-20-27,28-21-13-7-14-22-28)29-23-15-8-16-24-29/h5-25H,1-4H3/b30-25+. The van der Waals surface area contributed by atoms with Crippen LogP contribution in [0.3, 0.4) is 0 Å². The molecule has 0 N–H and O–H groups in total. The van der Waals surface area contributed by atoms with Gasteiger partial charge in [0.2, 0.25) is 0 Å². The van der Waals surface area contributed by atoms with Gasteiger partial charge in [-0.05, 0) is 54.3 Å². The molecule has 4 heteroatoms. The van der Waals surface area contributed by atoms with Crippen molar-refractivity contribution in [2.24, 2.45) is 0 Å². The Morgan fingerprint density at radius 2 is 0.889 bits per heavy atom. The Morgan fingerprint density at radius 3 is 1.25 bits per heavy atom.